The highest BCUT2D eigenvalue weighted by molar-refractivity contribution is 7.80. The molecular weight excluding hydrogens is 158 g/mol. The van der Waals surface area contributed by atoms with Crippen LogP contribution >= 0.6 is 12.2 Å². The Morgan fingerprint density at radius 2 is 2.36 bits per heavy atom. The molecule has 58 valence electrons. The van der Waals surface area contributed by atoms with E-state index in [9.17, 15) is 4.79 Å². The van der Waals surface area contributed by atoms with E-state index >= 15 is 0 Å². The zero-order chi connectivity index (χ0) is 8.32. The average Bonchev–Trinajstić information content (AvgIpc) is 2.05. The quantitative estimate of drug-likeness (QED) is 0.491. The first-order valence-corrected chi connectivity index (χ1v) is 3.71. The van der Waals surface area contributed by atoms with E-state index in [2.05, 4.69) is 5.32 Å². The molecule has 1 aliphatic rings. The summed E-state index contributed by atoms with van der Waals surface area (Å²) in [5.41, 5.74) is -0.746. The van der Waals surface area contributed by atoms with E-state index in [0.717, 1.165) is 6.29 Å². The maximum Gasteiger partial charge on any atom is 0.154 e. The van der Waals surface area contributed by atoms with Crippen LogP contribution in [-0.2, 0) is 4.79 Å². The summed E-state index contributed by atoms with van der Waals surface area (Å²) in [6.45, 7) is 1.75. The van der Waals surface area contributed by atoms with Crippen LogP contribution in [0.25, 0.3) is 0 Å². The van der Waals surface area contributed by atoms with Crippen LogP contribution < -0.4 is 5.32 Å². The van der Waals surface area contributed by atoms with Crippen LogP contribution in [0.4, 0.5) is 0 Å². The maximum absolute atomic E-state index is 10.7. The zero-order valence-corrected chi connectivity index (χ0v) is 7.02. The van der Waals surface area contributed by atoms with E-state index in [1.54, 1.807) is 25.3 Å². The molecule has 0 fully saturated rings. The summed E-state index contributed by atoms with van der Waals surface area (Å²) in [4.78, 5) is 11.3. The molecule has 0 aliphatic carbocycles. The highest BCUT2D eigenvalue weighted by Crippen LogP contribution is 2.10. The van der Waals surface area contributed by atoms with Crippen molar-refractivity contribution >= 4 is 23.4 Å². The zero-order valence-electron chi connectivity index (χ0n) is 6.20. The van der Waals surface area contributed by atoms with E-state index in [1.807, 2.05) is 6.08 Å². The minimum absolute atomic E-state index is 0.633. The van der Waals surface area contributed by atoms with Gasteiger partial charge in [-0.3, -0.25) is 4.79 Å². The monoisotopic (exact) mass is 167 g/mol. The first-order valence-electron chi connectivity index (χ1n) is 3.31. The largest absolute Gasteiger partial charge is 0.372 e. The van der Waals surface area contributed by atoms with Gasteiger partial charge < -0.3 is 5.32 Å². The van der Waals surface area contributed by atoms with Gasteiger partial charge in [0.25, 0.3) is 0 Å². The Morgan fingerprint density at radius 3 is 2.64 bits per heavy atom. The summed E-state index contributed by atoms with van der Waals surface area (Å²) in [7, 11) is 0. The van der Waals surface area contributed by atoms with Gasteiger partial charge in [-0.15, -0.1) is 0 Å². The van der Waals surface area contributed by atoms with Crippen LogP contribution in [0, 0.1) is 0 Å². The Hall–Kier alpha value is -0.960. The van der Waals surface area contributed by atoms with Crippen LogP contribution in [0.1, 0.15) is 6.92 Å². The molecule has 0 spiro atoms. The SMILES string of the molecule is CC(=S)C1(C=O)C=CC=CN1. The van der Waals surface area contributed by atoms with Gasteiger partial charge in [0.2, 0.25) is 0 Å². The fourth-order valence-electron chi connectivity index (χ4n) is 0.872. The van der Waals surface area contributed by atoms with Gasteiger partial charge in [0.05, 0.1) is 0 Å². The molecule has 0 bridgehead atoms. The van der Waals surface area contributed by atoms with Gasteiger partial charge >= 0.3 is 0 Å². The van der Waals surface area contributed by atoms with Crippen molar-refractivity contribution in [1.29, 1.82) is 0 Å². The Bertz CT molecular complexity index is 244. The smallest absolute Gasteiger partial charge is 0.154 e. The van der Waals surface area contributed by atoms with E-state index in [4.69, 9.17) is 12.2 Å². The van der Waals surface area contributed by atoms with Gasteiger partial charge in [0.15, 0.2) is 6.29 Å². The number of hydrogen-bond donors (Lipinski definition) is 1. The first kappa shape index (κ1) is 8.14. The second-order valence-corrected chi connectivity index (χ2v) is 3.02. The number of hydrogen-bond acceptors (Lipinski definition) is 3. The molecule has 3 heteroatoms. The van der Waals surface area contributed by atoms with Crippen molar-refractivity contribution in [3.8, 4) is 0 Å². The molecule has 1 heterocycles. The number of dihydropyridines is 1. The van der Waals surface area contributed by atoms with E-state index in [-0.39, 0.29) is 0 Å². The van der Waals surface area contributed by atoms with Crippen molar-refractivity contribution in [2.75, 3.05) is 0 Å². The summed E-state index contributed by atoms with van der Waals surface area (Å²) in [6.07, 6.45) is 7.91. The molecule has 0 radical (unpaired) electrons. The van der Waals surface area contributed by atoms with Crippen LogP contribution in [0.3, 0.4) is 0 Å². The molecule has 1 atom stereocenters. The molecule has 0 aromatic heterocycles. The maximum atomic E-state index is 10.7. The van der Waals surface area contributed by atoms with Crippen molar-refractivity contribution in [3.63, 3.8) is 0 Å². The Kier molecular flexibility index (Phi) is 2.19. The predicted octanol–water partition coefficient (Wildman–Crippen LogP) is 0.987. The number of rotatable bonds is 2. The van der Waals surface area contributed by atoms with E-state index in [1.165, 1.54) is 0 Å². The topological polar surface area (TPSA) is 29.1 Å². The van der Waals surface area contributed by atoms with Crippen LogP contribution in [0.5, 0.6) is 0 Å². The van der Waals surface area contributed by atoms with Crippen molar-refractivity contribution < 1.29 is 4.79 Å². The third-order valence-electron chi connectivity index (χ3n) is 1.66. The highest BCUT2D eigenvalue weighted by atomic mass is 32.1. The Labute approximate surface area is 71.0 Å². The summed E-state index contributed by atoms with van der Waals surface area (Å²) >= 11 is 4.95. The van der Waals surface area contributed by atoms with Gasteiger partial charge in [-0.05, 0) is 25.3 Å². The summed E-state index contributed by atoms with van der Waals surface area (Å²) in [6, 6.07) is 0. The Balaban J connectivity index is 2.94. The van der Waals surface area contributed by atoms with Crippen LogP contribution in [0.15, 0.2) is 24.4 Å². The number of aldehydes is 1. The van der Waals surface area contributed by atoms with Crippen molar-refractivity contribution in [1.82, 2.24) is 5.32 Å². The van der Waals surface area contributed by atoms with Crippen molar-refractivity contribution in [2.45, 2.75) is 12.5 Å². The van der Waals surface area contributed by atoms with Gasteiger partial charge in [0.1, 0.15) is 5.54 Å². The molecule has 0 saturated heterocycles. The van der Waals surface area contributed by atoms with Crippen LogP contribution in [0.2, 0.25) is 0 Å². The molecule has 0 saturated carbocycles. The lowest BCUT2D eigenvalue weighted by atomic mass is 9.96. The average molecular weight is 167 g/mol. The number of thiocarbonyl (C=S) groups is 1. The predicted molar refractivity (Wildman–Crippen MR) is 48.5 cm³/mol. The van der Waals surface area contributed by atoms with Crippen LogP contribution in [-0.4, -0.2) is 16.7 Å². The van der Waals surface area contributed by atoms with Gasteiger partial charge in [0, 0.05) is 4.86 Å². The molecule has 0 amide bonds. The van der Waals surface area contributed by atoms with E-state index < -0.39 is 5.54 Å². The standard InChI is InChI=1S/C8H9NOS/c1-7(11)8(6-10)4-2-3-5-9-8/h2-6,9H,1H3. The molecule has 0 aromatic carbocycles. The number of allylic oxidation sites excluding steroid dienone is 2. The number of carbonyl (C=O) groups is 1. The molecule has 11 heavy (non-hydrogen) atoms. The molecule has 2 nitrogen and oxygen atoms in total. The minimum Gasteiger partial charge on any atom is -0.372 e. The third kappa shape index (κ3) is 1.38. The second kappa shape index (κ2) is 2.96. The normalized spacial score (nSPS) is 27.7. The third-order valence-corrected chi connectivity index (χ3v) is 1.99. The molecule has 0 aromatic rings. The second-order valence-electron chi connectivity index (χ2n) is 2.41. The summed E-state index contributed by atoms with van der Waals surface area (Å²) in [5.74, 6) is 0. The van der Waals surface area contributed by atoms with Gasteiger partial charge in [-0.25, -0.2) is 0 Å². The fourth-order valence-corrected chi connectivity index (χ4v) is 1.05. The van der Waals surface area contributed by atoms with Crippen molar-refractivity contribution in [2.24, 2.45) is 0 Å². The van der Waals surface area contributed by atoms with Crippen molar-refractivity contribution in [3.05, 3.63) is 24.4 Å². The molecule has 1 rings (SSSR count). The summed E-state index contributed by atoms with van der Waals surface area (Å²) < 4.78 is 0. The van der Waals surface area contributed by atoms with Gasteiger partial charge in [-0.1, -0.05) is 18.3 Å². The summed E-state index contributed by atoms with van der Waals surface area (Å²) in [5, 5.41) is 2.91. The number of nitrogens with one attached hydrogen (secondary N) is 1. The Morgan fingerprint density at radius 1 is 1.64 bits per heavy atom. The van der Waals surface area contributed by atoms with E-state index in [0.29, 0.717) is 4.86 Å². The molecule has 1 N–H and O–H groups in total. The molecule has 1 aliphatic heterocycles. The first-order chi connectivity index (χ1) is 5.21. The number of carbonyl (C=O) groups excluding carboxylic acids is 1. The lowest BCUT2D eigenvalue weighted by Crippen LogP contribution is -2.48. The van der Waals surface area contributed by atoms with Gasteiger partial charge in [-0.2, -0.15) is 0 Å². The minimum atomic E-state index is -0.746. The highest BCUT2D eigenvalue weighted by Gasteiger charge is 2.28. The lowest BCUT2D eigenvalue weighted by Gasteiger charge is -2.25. The fraction of sp³-hybridized carbons (Fsp3) is 0.250. The molecular formula is C8H9NOS. The lowest BCUT2D eigenvalue weighted by molar-refractivity contribution is -0.109. The molecule has 1 unspecified atom stereocenters.